The summed E-state index contributed by atoms with van der Waals surface area (Å²) in [5.41, 5.74) is 2.68. The standard InChI is InChI=1S/C16H22N2O2/c1-20-15-7-4-13-10-18(8-2-3-12(13)9-15)11-16(19)17-14-5-6-14/h4,7,9,14H,2-3,5-6,8,10-11H2,1H3,(H,17,19). The van der Waals surface area contributed by atoms with E-state index in [2.05, 4.69) is 22.3 Å². The molecule has 1 aromatic carbocycles. The molecule has 1 N–H and O–H groups in total. The van der Waals surface area contributed by atoms with Crippen LogP contribution >= 0.6 is 0 Å². The van der Waals surface area contributed by atoms with E-state index in [0.29, 0.717) is 12.6 Å². The van der Waals surface area contributed by atoms with Gasteiger partial charge >= 0.3 is 0 Å². The van der Waals surface area contributed by atoms with Crippen molar-refractivity contribution in [3.63, 3.8) is 0 Å². The zero-order chi connectivity index (χ0) is 13.9. The second-order valence-electron chi connectivity index (χ2n) is 5.79. The van der Waals surface area contributed by atoms with Crippen molar-refractivity contribution in [3.8, 4) is 5.75 Å². The van der Waals surface area contributed by atoms with Gasteiger partial charge in [0.15, 0.2) is 0 Å². The molecule has 0 saturated heterocycles. The highest BCUT2D eigenvalue weighted by atomic mass is 16.5. The van der Waals surface area contributed by atoms with E-state index in [1.54, 1.807) is 7.11 Å². The molecule has 1 amide bonds. The summed E-state index contributed by atoms with van der Waals surface area (Å²) in [6, 6.07) is 6.71. The Balaban J connectivity index is 1.64. The Bertz CT molecular complexity index is 497. The van der Waals surface area contributed by atoms with E-state index in [4.69, 9.17) is 4.74 Å². The molecule has 0 spiro atoms. The van der Waals surface area contributed by atoms with Crippen LogP contribution in [0.15, 0.2) is 18.2 Å². The van der Waals surface area contributed by atoms with Gasteiger partial charge in [0.25, 0.3) is 0 Å². The lowest BCUT2D eigenvalue weighted by Crippen LogP contribution is -2.37. The minimum atomic E-state index is 0.171. The summed E-state index contributed by atoms with van der Waals surface area (Å²) in [5, 5.41) is 3.06. The number of carbonyl (C=O) groups excluding carboxylic acids is 1. The molecule has 1 aromatic rings. The fourth-order valence-electron chi connectivity index (χ4n) is 2.77. The van der Waals surface area contributed by atoms with Crippen molar-refractivity contribution in [3.05, 3.63) is 29.3 Å². The Labute approximate surface area is 120 Å². The molecule has 3 rings (SSSR count). The molecule has 0 aromatic heterocycles. The Kier molecular flexibility index (Phi) is 3.92. The molecular weight excluding hydrogens is 252 g/mol. The highest BCUT2D eigenvalue weighted by Crippen LogP contribution is 2.23. The van der Waals surface area contributed by atoms with Crippen LogP contribution in [0.5, 0.6) is 5.75 Å². The monoisotopic (exact) mass is 274 g/mol. The van der Waals surface area contributed by atoms with Crippen molar-refractivity contribution in [2.24, 2.45) is 0 Å². The van der Waals surface area contributed by atoms with Crippen molar-refractivity contribution < 1.29 is 9.53 Å². The van der Waals surface area contributed by atoms with E-state index in [1.807, 2.05) is 6.07 Å². The second-order valence-corrected chi connectivity index (χ2v) is 5.79. The van der Waals surface area contributed by atoms with Gasteiger partial charge in [-0.3, -0.25) is 9.69 Å². The summed E-state index contributed by atoms with van der Waals surface area (Å²) >= 11 is 0. The van der Waals surface area contributed by atoms with Crippen molar-refractivity contribution >= 4 is 5.91 Å². The number of ether oxygens (including phenoxy) is 1. The average molecular weight is 274 g/mol. The number of benzene rings is 1. The first-order valence-electron chi connectivity index (χ1n) is 7.42. The molecule has 0 radical (unpaired) electrons. The fourth-order valence-corrected chi connectivity index (χ4v) is 2.77. The Morgan fingerprint density at radius 2 is 2.25 bits per heavy atom. The van der Waals surface area contributed by atoms with Crippen LogP contribution in [0.2, 0.25) is 0 Å². The summed E-state index contributed by atoms with van der Waals surface area (Å²) in [4.78, 5) is 14.2. The molecule has 0 atom stereocenters. The van der Waals surface area contributed by atoms with Crippen molar-refractivity contribution in [1.82, 2.24) is 10.2 Å². The predicted octanol–water partition coefficient (Wildman–Crippen LogP) is 1.72. The van der Waals surface area contributed by atoms with E-state index in [9.17, 15) is 4.79 Å². The lowest BCUT2D eigenvalue weighted by Gasteiger charge is -2.19. The van der Waals surface area contributed by atoms with Crippen molar-refractivity contribution in [1.29, 1.82) is 0 Å². The molecule has 0 unspecified atom stereocenters. The maximum atomic E-state index is 11.9. The molecule has 1 fully saturated rings. The number of rotatable bonds is 4. The number of hydrogen-bond acceptors (Lipinski definition) is 3. The second kappa shape index (κ2) is 5.83. The van der Waals surface area contributed by atoms with Gasteiger partial charge in [0.2, 0.25) is 5.91 Å². The lowest BCUT2D eigenvalue weighted by molar-refractivity contribution is -0.122. The molecule has 4 nitrogen and oxygen atoms in total. The Morgan fingerprint density at radius 1 is 1.40 bits per heavy atom. The van der Waals surface area contributed by atoms with Gasteiger partial charge < -0.3 is 10.1 Å². The van der Waals surface area contributed by atoms with Gasteiger partial charge in [0, 0.05) is 12.6 Å². The van der Waals surface area contributed by atoms with E-state index >= 15 is 0 Å². The van der Waals surface area contributed by atoms with Crippen LogP contribution in [-0.4, -0.2) is 37.0 Å². The molecule has 1 heterocycles. The topological polar surface area (TPSA) is 41.6 Å². The van der Waals surface area contributed by atoms with E-state index in [0.717, 1.165) is 44.5 Å². The third-order valence-electron chi connectivity index (χ3n) is 4.04. The first kappa shape index (κ1) is 13.4. The summed E-state index contributed by atoms with van der Waals surface area (Å²) < 4.78 is 5.29. The molecule has 2 aliphatic rings. The quantitative estimate of drug-likeness (QED) is 0.909. The summed E-state index contributed by atoms with van der Waals surface area (Å²) in [7, 11) is 1.70. The van der Waals surface area contributed by atoms with E-state index in [-0.39, 0.29) is 5.91 Å². The van der Waals surface area contributed by atoms with Gasteiger partial charge in [0.05, 0.1) is 13.7 Å². The molecule has 108 valence electrons. The largest absolute Gasteiger partial charge is 0.497 e. The number of hydrogen-bond donors (Lipinski definition) is 1. The molecule has 1 aliphatic carbocycles. The van der Waals surface area contributed by atoms with Crippen LogP contribution in [-0.2, 0) is 17.8 Å². The number of carbonyl (C=O) groups is 1. The highest BCUT2D eigenvalue weighted by Gasteiger charge is 2.24. The molecule has 4 heteroatoms. The Hall–Kier alpha value is -1.55. The fraction of sp³-hybridized carbons (Fsp3) is 0.562. The van der Waals surface area contributed by atoms with Crippen LogP contribution in [0.1, 0.15) is 30.4 Å². The molecule has 0 bridgehead atoms. The van der Waals surface area contributed by atoms with Crippen LogP contribution < -0.4 is 10.1 Å². The van der Waals surface area contributed by atoms with Crippen LogP contribution in [0.4, 0.5) is 0 Å². The van der Waals surface area contributed by atoms with E-state index in [1.165, 1.54) is 11.1 Å². The minimum Gasteiger partial charge on any atom is -0.497 e. The molecule has 1 saturated carbocycles. The first-order chi connectivity index (χ1) is 9.74. The summed E-state index contributed by atoms with van der Waals surface area (Å²) in [6.45, 7) is 2.36. The van der Waals surface area contributed by atoms with Crippen LogP contribution in [0.25, 0.3) is 0 Å². The third-order valence-corrected chi connectivity index (χ3v) is 4.04. The highest BCUT2D eigenvalue weighted by molar-refractivity contribution is 5.78. The van der Waals surface area contributed by atoms with E-state index < -0.39 is 0 Å². The first-order valence-corrected chi connectivity index (χ1v) is 7.42. The number of nitrogens with one attached hydrogen (secondary N) is 1. The maximum Gasteiger partial charge on any atom is 0.234 e. The average Bonchev–Trinajstić information content (AvgIpc) is 3.24. The SMILES string of the molecule is COc1ccc2c(c1)CCCN(CC(=O)NC1CC1)C2. The maximum absolute atomic E-state index is 11.9. The van der Waals surface area contributed by atoms with Gasteiger partial charge in [-0.15, -0.1) is 0 Å². The van der Waals surface area contributed by atoms with Crippen molar-refractivity contribution in [2.45, 2.75) is 38.3 Å². The minimum absolute atomic E-state index is 0.171. The number of amides is 1. The zero-order valence-corrected chi connectivity index (χ0v) is 12.0. The third kappa shape index (κ3) is 3.31. The van der Waals surface area contributed by atoms with Crippen molar-refractivity contribution in [2.75, 3.05) is 20.2 Å². The molecular formula is C16H22N2O2. The zero-order valence-electron chi connectivity index (χ0n) is 12.0. The smallest absolute Gasteiger partial charge is 0.234 e. The Morgan fingerprint density at radius 3 is 3.00 bits per heavy atom. The predicted molar refractivity (Wildman–Crippen MR) is 77.8 cm³/mol. The normalized spacial score (nSPS) is 19.1. The summed E-state index contributed by atoms with van der Waals surface area (Å²) in [5.74, 6) is 1.09. The van der Waals surface area contributed by atoms with Gasteiger partial charge in [0.1, 0.15) is 5.75 Å². The van der Waals surface area contributed by atoms with Gasteiger partial charge in [-0.05, 0) is 55.5 Å². The molecule has 20 heavy (non-hydrogen) atoms. The van der Waals surface area contributed by atoms with Crippen LogP contribution in [0.3, 0.4) is 0 Å². The number of methoxy groups -OCH3 is 1. The van der Waals surface area contributed by atoms with Gasteiger partial charge in [-0.2, -0.15) is 0 Å². The van der Waals surface area contributed by atoms with Gasteiger partial charge in [-0.25, -0.2) is 0 Å². The summed E-state index contributed by atoms with van der Waals surface area (Å²) in [6.07, 6.45) is 4.45. The lowest BCUT2D eigenvalue weighted by atomic mass is 10.0. The molecule has 1 aliphatic heterocycles. The number of fused-ring (bicyclic) bond motifs is 1. The number of nitrogens with zero attached hydrogens (tertiary/aromatic N) is 1. The van der Waals surface area contributed by atoms with Gasteiger partial charge in [-0.1, -0.05) is 6.07 Å². The number of aryl methyl sites for hydroxylation is 1. The van der Waals surface area contributed by atoms with Crippen LogP contribution in [0, 0.1) is 0 Å².